The first-order valence-corrected chi connectivity index (χ1v) is 9.43. The predicted molar refractivity (Wildman–Crippen MR) is 119 cm³/mol. The van der Waals surface area contributed by atoms with Crippen LogP contribution in [0.3, 0.4) is 0 Å². The van der Waals surface area contributed by atoms with Crippen LogP contribution in [0.1, 0.15) is 11.1 Å². The van der Waals surface area contributed by atoms with Crippen LogP contribution in [0.5, 0.6) is 0 Å². The summed E-state index contributed by atoms with van der Waals surface area (Å²) < 4.78 is 0. The van der Waals surface area contributed by atoms with Crippen molar-refractivity contribution in [3.63, 3.8) is 0 Å². The Morgan fingerprint density at radius 3 is 2.28 bits per heavy atom. The number of rotatable bonds is 1. The number of hydrogen-bond acceptors (Lipinski definition) is 3. The van der Waals surface area contributed by atoms with Crippen molar-refractivity contribution in [2.75, 3.05) is 0 Å². The normalized spacial score (nSPS) is 11.0. The molecule has 29 heavy (non-hydrogen) atoms. The first-order chi connectivity index (χ1) is 14.1. The van der Waals surface area contributed by atoms with E-state index in [0.717, 1.165) is 38.0 Å². The zero-order valence-electron chi connectivity index (χ0n) is 15.4. The summed E-state index contributed by atoms with van der Waals surface area (Å²) in [5, 5.41) is 23.9. The highest BCUT2D eigenvalue weighted by molar-refractivity contribution is 6.36. The van der Waals surface area contributed by atoms with Crippen molar-refractivity contribution in [2.24, 2.45) is 0 Å². The number of aromatic amines is 1. The summed E-state index contributed by atoms with van der Waals surface area (Å²) in [6.45, 7) is 0. The van der Waals surface area contributed by atoms with Gasteiger partial charge in [0.15, 0.2) is 0 Å². The van der Waals surface area contributed by atoms with Gasteiger partial charge in [0, 0.05) is 15.8 Å². The van der Waals surface area contributed by atoms with Crippen LogP contribution >= 0.6 is 11.6 Å². The number of aromatic nitrogens is 2. The Labute approximate surface area is 172 Å². The van der Waals surface area contributed by atoms with Crippen molar-refractivity contribution < 1.29 is 0 Å². The van der Waals surface area contributed by atoms with Gasteiger partial charge in [-0.15, -0.1) is 0 Å². The number of hydrogen-bond donors (Lipinski definition) is 1. The lowest BCUT2D eigenvalue weighted by Crippen LogP contribution is -2.00. The molecule has 6 heteroatoms. The number of nitrogens with zero attached hydrogens (tertiary/aromatic N) is 3. The van der Waals surface area contributed by atoms with Gasteiger partial charge in [0.2, 0.25) is 0 Å². The molecule has 4 aromatic carbocycles. The molecular formula is C23H12BClN4. The number of nitrogens with one attached hydrogen (secondary N) is 1. The van der Waals surface area contributed by atoms with Gasteiger partial charge < -0.3 is 4.98 Å². The van der Waals surface area contributed by atoms with Crippen LogP contribution in [0.15, 0.2) is 54.6 Å². The third kappa shape index (κ3) is 2.57. The van der Waals surface area contributed by atoms with Gasteiger partial charge in [-0.05, 0) is 35.0 Å². The lowest BCUT2D eigenvalue weighted by Gasteiger charge is -2.07. The van der Waals surface area contributed by atoms with Crippen LogP contribution in [-0.4, -0.2) is 17.8 Å². The fourth-order valence-electron chi connectivity index (χ4n) is 3.92. The maximum atomic E-state index is 9.56. The van der Waals surface area contributed by atoms with Gasteiger partial charge in [-0.2, -0.15) is 10.5 Å². The molecule has 5 aromatic rings. The molecule has 0 bridgehead atoms. The molecule has 0 unspecified atom stereocenters. The average Bonchev–Trinajstić information content (AvgIpc) is 3.18. The van der Waals surface area contributed by atoms with Gasteiger partial charge in [-0.1, -0.05) is 47.4 Å². The second-order valence-corrected chi connectivity index (χ2v) is 7.44. The first kappa shape index (κ1) is 17.3. The molecule has 0 aliphatic rings. The number of fused-ring (bicyclic) bond motifs is 6. The van der Waals surface area contributed by atoms with Crippen molar-refractivity contribution in [3.05, 3.63) is 70.7 Å². The summed E-state index contributed by atoms with van der Waals surface area (Å²) in [5.41, 5.74) is 4.17. The molecule has 0 saturated carbocycles. The summed E-state index contributed by atoms with van der Waals surface area (Å²) in [6.07, 6.45) is 0. The molecule has 0 saturated heterocycles. The number of imidazole rings is 1. The summed E-state index contributed by atoms with van der Waals surface area (Å²) in [4.78, 5) is 8.21. The van der Waals surface area contributed by atoms with Crippen LogP contribution in [0.2, 0.25) is 5.02 Å². The molecule has 0 spiro atoms. The fourth-order valence-corrected chi connectivity index (χ4v) is 4.09. The molecule has 1 aromatic heterocycles. The number of halogens is 1. The highest BCUT2D eigenvalue weighted by atomic mass is 35.5. The van der Waals surface area contributed by atoms with Crippen molar-refractivity contribution >= 4 is 57.5 Å². The van der Waals surface area contributed by atoms with Gasteiger partial charge in [0.1, 0.15) is 13.7 Å². The third-order valence-corrected chi connectivity index (χ3v) is 5.45. The molecule has 1 heterocycles. The largest absolute Gasteiger partial charge is 0.337 e. The van der Waals surface area contributed by atoms with E-state index in [9.17, 15) is 10.5 Å². The fraction of sp³-hybridized carbons (Fsp3) is 0. The van der Waals surface area contributed by atoms with E-state index in [1.165, 1.54) is 0 Å². The van der Waals surface area contributed by atoms with E-state index in [1.54, 1.807) is 18.2 Å². The zero-order valence-corrected chi connectivity index (χ0v) is 16.2. The smallest absolute Gasteiger partial charge is 0.141 e. The van der Waals surface area contributed by atoms with Crippen molar-refractivity contribution in [1.29, 1.82) is 10.5 Å². The standard InChI is InChI=1S/C23H12BClN4/c24-14-4-6-16-18(8-14)19-9-15(25)5-7-17(19)22-21(16)28-23(29-22)20-12(10-26)2-1-3-13(20)11-27/h1-9H,24H2,(H,28,29). The van der Waals surface area contributed by atoms with E-state index in [0.29, 0.717) is 27.5 Å². The third-order valence-electron chi connectivity index (χ3n) is 5.22. The molecule has 0 radical (unpaired) electrons. The molecule has 0 aliphatic heterocycles. The lowest BCUT2D eigenvalue weighted by atomic mass is 9.91. The topological polar surface area (TPSA) is 76.3 Å². The van der Waals surface area contributed by atoms with E-state index in [2.05, 4.69) is 43.2 Å². The molecule has 4 nitrogen and oxygen atoms in total. The van der Waals surface area contributed by atoms with E-state index >= 15 is 0 Å². The van der Waals surface area contributed by atoms with Crippen molar-refractivity contribution in [1.82, 2.24) is 9.97 Å². The van der Waals surface area contributed by atoms with E-state index in [-0.39, 0.29) is 0 Å². The SMILES string of the molecule is Bc1ccc2c(c1)c1cc(Cl)ccc1c1nc(-c3c(C#N)cccc3C#N)[nH]c21. The monoisotopic (exact) mass is 390 g/mol. The molecule has 134 valence electrons. The second-order valence-electron chi connectivity index (χ2n) is 7.00. The minimum atomic E-state index is 0.413. The quantitative estimate of drug-likeness (QED) is 0.344. The van der Waals surface area contributed by atoms with Crippen molar-refractivity contribution in [3.8, 4) is 23.5 Å². The molecular weight excluding hydrogens is 379 g/mol. The Morgan fingerprint density at radius 1 is 0.862 bits per heavy atom. The van der Waals surface area contributed by atoms with Crippen molar-refractivity contribution in [2.45, 2.75) is 0 Å². The van der Waals surface area contributed by atoms with Gasteiger partial charge in [0.05, 0.1) is 39.9 Å². The first-order valence-electron chi connectivity index (χ1n) is 9.05. The molecule has 0 fully saturated rings. The maximum absolute atomic E-state index is 9.56. The zero-order chi connectivity index (χ0) is 20.1. The highest BCUT2D eigenvalue weighted by Crippen LogP contribution is 2.37. The number of benzene rings is 4. The van der Waals surface area contributed by atoms with Gasteiger partial charge >= 0.3 is 0 Å². The number of nitriles is 2. The summed E-state index contributed by atoms with van der Waals surface area (Å²) in [7, 11) is 2.06. The average molecular weight is 391 g/mol. The molecule has 0 atom stereocenters. The second kappa shape index (κ2) is 6.38. The van der Waals surface area contributed by atoms with Crippen LogP contribution < -0.4 is 5.46 Å². The van der Waals surface area contributed by atoms with Crippen LogP contribution in [0, 0.1) is 22.7 Å². The van der Waals surface area contributed by atoms with E-state index < -0.39 is 0 Å². The molecule has 1 N–H and O–H groups in total. The van der Waals surface area contributed by atoms with Gasteiger partial charge in [-0.25, -0.2) is 4.98 Å². The summed E-state index contributed by atoms with van der Waals surface area (Å²) in [5.74, 6) is 0.512. The van der Waals surface area contributed by atoms with Crippen LogP contribution in [0.25, 0.3) is 44.0 Å². The lowest BCUT2D eigenvalue weighted by molar-refractivity contribution is 1.31. The summed E-state index contributed by atoms with van der Waals surface area (Å²) >= 11 is 6.29. The molecule has 0 amide bonds. The summed E-state index contributed by atoms with van der Waals surface area (Å²) in [6, 6.07) is 21.5. The predicted octanol–water partition coefficient (Wildman–Crippen LogP) is 4.19. The number of H-pyrrole nitrogens is 1. The minimum Gasteiger partial charge on any atom is -0.337 e. The minimum absolute atomic E-state index is 0.413. The molecule has 0 aliphatic carbocycles. The Balaban J connectivity index is 1.98. The maximum Gasteiger partial charge on any atom is 0.141 e. The van der Waals surface area contributed by atoms with Crippen LogP contribution in [0.4, 0.5) is 0 Å². The van der Waals surface area contributed by atoms with Gasteiger partial charge in [-0.3, -0.25) is 0 Å². The van der Waals surface area contributed by atoms with Crippen LogP contribution in [-0.2, 0) is 0 Å². The molecule has 5 rings (SSSR count). The van der Waals surface area contributed by atoms with E-state index in [4.69, 9.17) is 16.6 Å². The van der Waals surface area contributed by atoms with E-state index in [1.807, 2.05) is 18.2 Å². The Kier molecular flexibility index (Phi) is 3.81. The highest BCUT2D eigenvalue weighted by Gasteiger charge is 2.18. The Bertz CT molecular complexity index is 1440. The Morgan fingerprint density at radius 2 is 1.55 bits per heavy atom. The Hall–Kier alpha value is -3.80. The van der Waals surface area contributed by atoms with Gasteiger partial charge in [0.25, 0.3) is 0 Å².